The van der Waals surface area contributed by atoms with Gasteiger partial charge >= 0.3 is 17.9 Å². The summed E-state index contributed by atoms with van der Waals surface area (Å²) < 4.78 is 16.0. The highest BCUT2D eigenvalue weighted by Gasteiger charge is 2.40. The Bertz CT molecular complexity index is 1280. The molecule has 1 N–H and O–H groups in total. The monoisotopic (exact) mass is 508 g/mol. The topological polar surface area (TPSA) is 134 Å². The van der Waals surface area contributed by atoms with Gasteiger partial charge in [-0.2, -0.15) is 0 Å². The summed E-state index contributed by atoms with van der Waals surface area (Å²) in [7, 11) is 1.20. The largest absolute Gasteiger partial charge is 0.466 e. The molecule has 0 aliphatic carbocycles. The van der Waals surface area contributed by atoms with Crippen LogP contribution in [0.4, 0.5) is 5.69 Å². The van der Waals surface area contributed by atoms with Gasteiger partial charge in [-0.05, 0) is 33.3 Å². The molecule has 0 saturated heterocycles. The lowest BCUT2D eigenvalue weighted by Crippen LogP contribution is -2.33. The number of methoxy groups -OCH3 is 1. The third-order valence-corrected chi connectivity index (χ3v) is 5.69. The van der Waals surface area contributed by atoms with Crippen molar-refractivity contribution < 1.29 is 33.5 Å². The molecular weight excluding hydrogens is 480 g/mol. The second-order valence-corrected chi connectivity index (χ2v) is 8.66. The molecule has 0 saturated carbocycles. The number of nitro groups is 1. The zero-order valence-corrected chi connectivity index (χ0v) is 21.1. The molecule has 194 valence electrons. The first-order valence-corrected chi connectivity index (χ1v) is 11.5. The first kappa shape index (κ1) is 27.1. The molecule has 10 nitrogen and oxygen atoms in total. The molecule has 0 bridgehead atoms. The van der Waals surface area contributed by atoms with Crippen molar-refractivity contribution in [3.8, 4) is 0 Å². The number of hydrogen-bond donors (Lipinski definition) is 1. The van der Waals surface area contributed by atoms with Crippen molar-refractivity contribution in [2.24, 2.45) is 0 Å². The summed E-state index contributed by atoms with van der Waals surface area (Å²) in [4.78, 5) is 50.3. The van der Waals surface area contributed by atoms with Gasteiger partial charge in [0, 0.05) is 29.1 Å². The van der Waals surface area contributed by atoms with E-state index in [-0.39, 0.29) is 16.8 Å². The number of ether oxygens (including phenoxy) is 3. The summed E-state index contributed by atoms with van der Waals surface area (Å²) in [6, 6.07) is 14.0. The van der Waals surface area contributed by atoms with Crippen LogP contribution in [0.2, 0.25) is 0 Å². The smallest absolute Gasteiger partial charge is 0.352 e. The highest BCUT2D eigenvalue weighted by molar-refractivity contribution is 6.00. The zero-order chi connectivity index (χ0) is 27.3. The van der Waals surface area contributed by atoms with Crippen molar-refractivity contribution >= 4 is 23.6 Å². The molecule has 1 heterocycles. The molecule has 0 aromatic heterocycles. The van der Waals surface area contributed by atoms with E-state index in [1.165, 1.54) is 25.3 Å². The second-order valence-electron chi connectivity index (χ2n) is 8.66. The zero-order valence-electron chi connectivity index (χ0n) is 21.1. The number of nitrogens with zero attached hydrogens (tertiary/aromatic N) is 1. The number of rotatable bonds is 8. The van der Waals surface area contributed by atoms with Crippen LogP contribution in [0, 0.1) is 10.1 Å². The van der Waals surface area contributed by atoms with E-state index in [0.29, 0.717) is 22.5 Å². The van der Waals surface area contributed by atoms with E-state index in [4.69, 9.17) is 14.2 Å². The standard InChI is InChI=1S/C27H28N2O8/c1-15(2)36-27(32)24(18-10-7-6-8-11-18)37-26(31)22-17(4)28-16(3)21(25(30)35-5)23(22)19-12-9-13-20(14-19)29(33)34/h6-15,23-24,28H,1-5H3/t23?,24-/m0/s1. The minimum absolute atomic E-state index is 0.00442. The minimum Gasteiger partial charge on any atom is -0.466 e. The van der Waals surface area contributed by atoms with Gasteiger partial charge in [-0.15, -0.1) is 0 Å². The third kappa shape index (κ3) is 6.03. The van der Waals surface area contributed by atoms with Gasteiger partial charge in [0.2, 0.25) is 6.10 Å². The lowest BCUT2D eigenvalue weighted by Gasteiger charge is -2.31. The minimum atomic E-state index is -1.38. The molecule has 1 aliphatic heterocycles. The molecule has 0 radical (unpaired) electrons. The molecule has 1 unspecified atom stereocenters. The van der Waals surface area contributed by atoms with Crippen LogP contribution in [0.5, 0.6) is 0 Å². The predicted octanol–water partition coefficient (Wildman–Crippen LogP) is 4.24. The molecule has 2 aromatic rings. The van der Waals surface area contributed by atoms with Crippen LogP contribution < -0.4 is 5.32 Å². The number of carbonyl (C=O) groups excluding carboxylic acids is 3. The predicted molar refractivity (Wildman–Crippen MR) is 133 cm³/mol. The van der Waals surface area contributed by atoms with Gasteiger partial charge in [0.15, 0.2) is 0 Å². The first-order chi connectivity index (χ1) is 17.5. The second kappa shape index (κ2) is 11.5. The maximum absolute atomic E-state index is 13.7. The summed E-state index contributed by atoms with van der Waals surface area (Å²) in [5.74, 6) is -3.44. The third-order valence-electron chi connectivity index (χ3n) is 5.69. The number of non-ortho nitro benzene ring substituents is 1. The number of benzene rings is 2. The fourth-order valence-electron chi connectivity index (χ4n) is 4.14. The Kier molecular flexibility index (Phi) is 8.44. The van der Waals surface area contributed by atoms with E-state index in [1.807, 2.05) is 0 Å². The van der Waals surface area contributed by atoms with Crippen LogP contribution in [0.15, 0.2) is 77.1 Å². The Balaban J connectivity index is 2.12. The number of hydrogen-bond acceptors (Lipinski definition) is 9. The van der Waals surface area contributed by atoms with E-state index in [9.17, 15) is 24.5 Å². The Labute approximate surface area is 214 Å². The van der Waals surface area contributed by atoms with Crippen molar-refractivity contribution in [1.29, 1.82) is 0 Å². The Morgan fingerprint density at radius 1 is 0.919 bits per heavy atom. The van der Waals surface area contributed by atoms with E-state index in [2.05, 4.69) is 5.32 Å². The molecule has 3 rings (SSSR count). The summed E-state index contributed by atoms with van der Waals surface area (Å²) >= 11 is 0. The number of dihydropyridines is 1. The average molecular weight is 509 g/mol. The molecular formula is C27H28N2O8. The first-order valence-electron chi connectivity index (χ1n) is 11.5. The van der Waals surface area contributed by atoms with Crippen molar-refractivity contribution in [2.45, 2.75) is 45.8 Å². The normalized spacial score (nSPS) is 16.1. The summed E-state index contributed by atoms with van der Waals surface area (Å²) in [6.07, 6.45) is -1.83. The maximum atomic E-state index is 13.7. The molecule has 37 heavy (non-hydrogen) atoms. The van der Waals surface area contributed by atoms with Gasteiger partial charge in [-0.3, -0.25) is 10.1 Å². The Morgan fingerprint density at radius 3 is 2.11 bits per heavy atom. The van der Waals surface area contributed by atoms with Crippen LogP contribution >= 0.6 is 0 Å². The number of nitrogens with one attached hydrogen (secondary N) is 1. The van der Waals surface area contributed by atoms with Crippen LogP contribution in [0.1, 0.15) is 50.8 Å². The van der Waals surface area contributed by atoms with Gasteiger partial charge in [0.1, 0.15) is 0 Å². The fraction of sp³-hybridized carbons (Fsp3) is 0.296. The summed E-state index contributed by atoms with van der Waals surface area (Å²) in [5.41, 5.74) is 1.35. The van der Waals surface area contributed by atoms with E-state index in [1.54, 1.807) is 64.1 Å². The van der Waals surface area contributed by atoms with Crippen LogP contribution in [-0.4, -0.2) is 36.0 Å². The lowest BCUT2D eigenvalue weighted by molar-refractivity contribution is -0.384. The lowest BCUT2D eigenvalue weighted by atomic mass is 9.80. The van der Waals surface area contributed by atoms with Crippen molar-refractivity contribution in [2.75, 3.05) is 7.11 Å². The maximum Gasteiger partial charge on any atom is 0.352 e. The molecule has 0 fully saturated rings. The Morgan fingerprint density at radius 2 is 1.54 bits per heavy atom. The molecule has 0 amide bonds. The summed E-state index contributed by atoms with van der Waals surface area (Å²) in [5, 5.41) is 14.4. The van der Waals surface area contributed by atoms with Gasteiger partial charge in [0.05, 0.1) is 35.2 Å². The summed E-state index contributed by atoms with van der Waals surface area (Å²) in [6.45, 7) is 6.60. The Hall–Kier alpha value is -4.47. The highest BCUT2D eigenvalue weighted by atomic mass is 16.6. The molecule has 1 aliphatic rings. The molecule has 2 aromatic carbocycles. The van der Waals surface area contributed by atoms with Gasteiger partial charge in [-0.25, -0.2) is 14.4 Å². The van der Waals surface area contributed by atoms with Gasteiger partial charge < -0.3 is 19.5 Å². The molecule has 2 atom stereocenters. The van der Waals surface area contributed by atoms with E-state index >= 15 is 0 Å². The van der Waals surface area contributed by atoms with Crippen LogP contribution in [0.25, 0.3) is 0 Å². The van der Waals surface area contributed by atoms with Crippen LogP contribution in [0.3, 0.4) is 0 Å². The van der Waals surface area contributed by atoms with Gasteiger partial charge in [0.25, 0.3) is 5.69 Å². The molecule has 10 heteroatoms. The number of carbonyl (C=O) groups is 3. The fourth-order valence-corrected chi connectivity index (χ4v) is 4.14. The van der Waals surface area contributed by atoms with Crippen molar-refractivity contribution in [3.05, 3.63) is 98.4 Å². The average Bonchev–Trinajstić information content (AvgIpc) is 2.86. The van der Waals surface area contributed by atoms with E-state index in [0.717, 1.165) is 0 Å². The van der Waals surface area contributed by atoms with Crippen molar-refractivity contribution in [3.63, 3.8) is 0 Å². The van der Waals surface area contributed by atoms with E-state index < -0.39 is 41.0 Å². The van der Waals surface area contributed by atoms with Crippen LogP contribution in [-0.2, 0) is 28.6 Å². The van der Waals surface area contributed by atoms with Gasteiger partial charge in [-0.1, -0.05) is 42.5 Å². The number of nitro benzene ring substituents is 1. The molecule has 0 spiro atoms. The van der Waals surface area contributed by atoms with Crippen molar-refractivity contribution in [1.82, 2.24) is 5.32 Å². The number of esters is 3. The highest BCUT2D eigenvalue weighted by Crippen LogP contribution is 2.40. The number of allylic oxidation sites excluding steroid dienone is 2. The SMILES string of the molecule is COC(=O)C1=C(C)NC(C)=C(C(=O)O[C@H](C(=O)OC(C)C)c2ccccc2)C1c1cccc([N+](=O)[O-])c1. The quantitative estimate of drug-likeness (QED) is 0.240.